The number of hydrogen-bond donors (Lipinski definition) is 1. The normalized spacial score (nSPS) is 10.5. The summed E-state index contributed by atoms with van der Waals surface area (Å²) in [6, 6.07) is 7.61. The van der Waals surface area contributed by atoms with Crippen LogP contribution in [0.1, 0.15) is 27.2 Å². The smallest absolute Gasteiger partial charge is 0.304 e. The van der Waals surface area contributed by atoms with Crippen LogP contribution in [-0.2, 0) is 4.79 Å². The molecule has 1 rings (SSSR count). The lowest BCUT2D eigenvalue weighted by atomic mass is 10.1. The van der Waals surface area contributed by atoms with Crippen LogP contribution in [0, 0.1) is 11.8 Å². The zero-order valence-electron chi connectivity index (χ0n) is 11.4. The van der Waals surface area contributed by atoms with E-state index in [1.165, 1.54) is 0 Å². The maximum atomic E-state index is 10.8. The Kier molecular flexibility index (Phi) is 5.78. The molecule has 0 bridgehead atoms. The van der Waals surface area contributed by atoms with Crippen LogP contribution in [0.2, 0.25) is 0 Å². The van der Waals surface area contributed by atoms with Crippen molar-refractivity contribution in [2.75, 3.05) is 6.61 Å². The highest BCUT2D eigenvalue weighted by Gasteiger charge is 2.23. The maximum absolute atomic E-state index is 10.8. The van der Waals surface area contributed by atoms with E-state index in [-0.39, 0.29) is 11.2 Å². The van der Waals surface area contributed by atoms with E-state index in [0.29, 0.717) is 6.61 Å². The summed E-state index contributed by atoms with van der Waals surface area (Å²) in [5, 5.41) is 8.85. The number of carboxylic acid groups (broad SMARTS) is 1. The molecule has 0 amide bonds. The van der Waals surface area contributed by atoms with Crippen molar-refractivity contribution in [1.29, 1.82) is 0 Å². The summed E-state index contributed by atoms with van der Waals surface area (Å²) < 4.78 is 5.09. The van der Waals surface area contributed by atoms with Gasteiger partial charge in [0, 0.05) is 9.64 Å². The summed E-state index contributed by atoms with van der Waals surface area (Å²) in [6.45, 7) is 6.00. The molecule has 0 aliphatic rings. The van der Waals surface area contributed by atoms with Gasteiger partial charge in [-0.15, -0.1) is 17.7 Å². The standard InChI is InChI=1S/C15H18O3S/c1-4-5-10-18-12-6-8-13(9-7-12)19-15(2,3)11-14(16)17/h6-9H,10-11H2,1-3H3,(H,16,17). The Bertz CT molecular complexity index is 480. The van der Waals surface area contributed by atoms with Crippen LogP contribution >= 0.6 is 11.8 Å². The van der Waals surface area contributed by atoms with Crippen molar-refractivity contribution in [2.24, 2.45) is 0 Å². The molecule has 3 nitrogen and oxygen atoms in total. The second kappa shape index (κ2) is 7.10. The van der Waals surface area contributed by atoms with E-state index in [2.05, 4.69) is 11.8 Å². The summed E-state index contributed by atoms with van der Waals surface area (Å²) in [6.07, 6.45) is 0.127. The summed E-state index contributed by atoms with van der Waals surface area (Å²) in [5.74, 6) is 5.58. The Hall–Kier alpha value is -1.60. The molecule has 0 unspecified atom stereocenters. The minimum atomic E-state index is -0.782. The quantitative estimate of drug-likeness (QED) is 0.639. The van der Waals surface area contributed by atoms with Gasteiger partial charge in [0.2, 0.25) is 0 Å². The molecule has 0 heterocycles. The fourth-order valence-electron chi connectivity index (χ4n) is 1.51. The molecule has 19 heavy (non-hydrogen) atoms. The van der Waals surface area contributed by atoms with Gasteiger partial charge in [0.25, 0.3) is 0 Å². The summed E-state index contributed by atoms with van der Waals surface area (Å²) >= 11 is 1.55. The molecular weight excluding hydrogens is 260 g/mol. The zero-order valence-corrected chi connectivity index (χ0v) is 12.2. The van der Waals surface area contributed by atoms with Crippen molar-refractivity contribution in [3.63, 3.8) is 0 Å². The van der Waals surface area contributed by atoms with Crippen LogP contribution in [0.5, 0.6) is 5.75 Å². The zero-order chi connectivity index (χ0) is 14.3. The molecule has 0 atom stereocenters. The van der Waals surface area contributed by atoms with Gasteiger partial charge in [0.1, 0.15) is 12.4 Å². The monoisotopic (exact) mass is 278 g/mol. The summed E-state index contributed by atoms with van der Waals surface area (Å²) in [4.78, 5) is 11.8. The number of carbonyl (C=O) groups is 1. The Morgan fingerprint density at radius 2 is 2.00 bits per heavy atom. The second-order valence-electron chi connectivity index (χ2n) is 4.62. The molecule has 0 saturated heterocycles. The molecule has 0 radical (unpaired) electrons. The lowest BCUT2D eigenvalue weighted by Crippen LogP contribution is -2.19. The van der Waals surface area contributed by atoms with Crippen LogP contribution < -0.4 is 4.74 Å². The van der Waals surface area contributed by atoms with E-state index in [1.54, 1.807) is 18.7 Å². The highest BCUT2D eigenvalue weighted by molar-refractivity contribution is 8.00. The minimum absolute atomic E-state index is 0.127. The molecule has 0 fully saturated rings. The molecule has 0 aliphatic heterocycles. The first-order valence-corrected chi connectivity index (χ1v) is 6.78. The van der Waals surface area contributed by atoms with Crippen LogP contribution in [0.25, 0.3) is 0 Å². The van der Waals surface area contributed by atoms with Crippen molar-refractivity contribution in [3.05, 3.63) is 24.3 Å². The first kappa shape index (κ1) is 15.5. The maximum Gasteiger partial charge on any atom is 0.304 e. The average molecular weight is 278 g/mol. The number of hydrogen-bond acceptors (Lipinski definition) is 3. The van der Waals surface area contributed by atoms with Gasteiger partial charge in [-0.05, 0) is 45.0 Å². The third-order valence-corrected chi connectivity index (χ3v) is 3.49. The van der Waals surface area contributed by atoms with Crippen LogP contribution in [0.4, 0.5) is 0 Å². The predicted octanol–water partition coefficient (Wildman–Crippen LogP) is 3.43. The van der Waals surface area contributed by atoms with Gasteiger partial charge in [0.05, 0.1) is 6.42 Å². The van der Waals surface area contributed by atoms with E-state index in [1.807, 2.05) is 38.1 Å². The van der Waals surface area contributed by atoms with E-state index < -0.39 is 5.97 Å². The molecule has 0 aromatic heterocycles. The Morgan fingerprint density at radius 3 is 2.53 bits per heavy atom. The van der Waals surface area contributed by atoms with Gasteiger partial charge in [0.15, 0.2) is 0 Å². The highest BCUT2D eigenvalue weighted by atomic mass is 32.2. The van der Waals surface area contributed by atoms with Crippen molar-refractivity contribution in [1.82, 2.24) is 0 Å². The first-order valence-electron chi connectivity index (χ1n) is 5.96. The molecule has 102 valence electrons. The minimum Gasteiger partial charge on any atom is -0.481 e. The van der Waals surface area contributed by atoms with Gasteiger partial charge in [-0.3, -0.25) is 4.79 Å². The molecule has 1 aromatic carbocycles. The fraction of sp³-hybridized carbons (Fsp3) is 0.400. The molecule has 0 saturated carbocycles. The van der Waals surface area contributed by atoms with Crippen LogP contribution in [0.15, 0.2) is 29.2 Å². The number of ether oxygens (including phenoxy) is 1. The fourth-order valence-corrected chi connectivity index (χ4v) is 2.62. The molecular formula is C15H18O3S. The Morgan fingerprint density at radius 1 is 1.37 bits per heavy atom. The first-order chi connectivity index (χ1) is 8.93. The topological polar surface area (TPSA) is 46.5 Å². The van der Waals surface area contributed by atoms with Gasteiger partial charge in [-0.25, -0.2) is 0 Å². The Balaban J connectivity index is 2.60. The second-order valence-corrected chi connectivity index (χ2v) is 6.40. The van der Waals surface area contributed by atoms with Crippen molar-refractivity contribution in [3.8, 4) is 17.6 Å². The van der Waals surface area contributed by atoms with Crippen molar-refractivity contribution < 1.29 is 14.6 Å². The number of carboxylic acids is 1. The van der Waals surface area contributed by atoms with E-state index >= 15 is 0 Å². The third kappa shape index (κ3) is 6.21. The molecule has 0 aliphatic carbocycles. The van der Waals surface area contributed by atoms with Gasteiger partial charge in [-0.1, -0.05) is 5.92 Å². The molecule has 4 heteroatoms. The van der Waals surface area contributed by atoms with E-state index in [4.69, 9.17) is 9.84 Å². The predicted molar refractivity (Wildman–Crippen MR) is 77.6 cm³/mol. The highest BCUT2D eigenvalue weighted by Crippen LogP contribution is 2.35. The van der Waals surface area contributed by atoms with Gasteiger partial charge in [-0.2, -0.15) is 0 Å². The third-order valence-electron chi connectivity index (χ3n) is 2.28. The van der Waals surface area contributed by atoms with Crippen molar-refractivity contribution >= 4 is 17.7 Å². The average Bonchev–Trinajstić information content (AvgIpc) is 2.29. The SMILES string of the molecule is CC#CCOc1ccc(SC(C)(C)CC(=O)O)cc1. The van der Waals surface area contributed by atoms with E-state index in [9.17, 15) is 4.79 Å². The van der Waals surface area contributed by atoms with Crippen LogP contribution in [-0.4, -0.2) is 22.4 Å². The lowest BCUT2D eigenvalue weighted by Gasteiger charge is -2.21. The number of aliphatic carboxylic acids is 1. The number of rotatable bonds is 6. The molecule has 0 spiro atoms. The van der Waals surface area contributed by atoms with Crippen molar-refractivity contribution in [2.45, 2.75) is 36.8 Å². The number of benzene rings is 1. The van der Waals surface area contributed by atoms with E-state index in [0.717, 1.165) is 10.6 Å². The van der Waals surface area contributed by atoms with Gasteiger partial charge < -0.3 is 9.84 Å². The molecule has 1 aromatic rings. The number of thioether (sulfide) groups is 1. The Labute approximate surface area is 118 Å². The largest absolute Gasteiger partial charge is 0.481 e. The molecule has 1 N–H and O–H groups in total. The van der Waals surface area contributed by atoms with Crippen LogP contribution in [0.3, 0.4) is 0 Å². The summed E-state index contributed by atoms with van der Waals surface area (Å²) in [5.41, 5.74) is 0. The summed E-state index contributed by atoms with van der Waals surface area (Å²) in [7, 11) is 0. The van der Waals surface area contributed by atoms with Gasteiger partial charge >= 0.3 is 5.97 Å². The lowest BCUT2D eigenvalue weighted by molar-refractivity contribution is -0.137.